The highest BCUT2D eigenvalue weighted by atomic mass is 16.6. The Kier molecular flexibility index (Phi) is 6.92. The van der Waals surface area contributed by atoms with Crippen molar-refractivity contribution >= 4 is 6.09 Å². The fourth-order valence-corrected chi connectivity index (χ4v) is 2.57. The topological polar surface area (TPSA) is 47.6 Å². The van der Waals surface area contributed by atoms with Gasteiger partial charge in [-0.05, 0) is 70.2 Å². The number of benzene rings is 1. The van der Waals surface area contributed by atoms with Crippen molar-refractivity contribution in [2.75, 3.05) is 7.11 Å². The standard InChI is InChI=1S/C19H31NO3/c1-8-9-15-12-17(22-7)16(10-13(15)2)11-14(3)20-18(21)23-19(4,5)6/h10,12,14H,8-9,11H2,1-7H3,(H,20,21)/t14-/m1/s1. The molecule has 23 heavy (non-hydrogen) atoms. The number of carbonyl (C=O) groups excluding carboxylic acids is 1. The summed E-state index contributed by atoms with van der Waals surface area (Å²) in [7, 11) is 1.69. The molecule has 0 saturated heterocycles. The lowest BCUT2D eigenvalue weighted by Crippen LogP contribution is -2.38. The average Bonchev–Trinajstić information content (AvgIpc) is 2.39. The molecule has 0 unspecified atom stereocenters. The van der Waals surface area contributed by atoms with Gasteiger partial charge in [0.15, 0.2) is 0 Å². The summed E-state index contributed by atoms with van der Waals surface area (Å²) in [5.74, 6) is 0.886. The van der Waals surface area contributed by atoms with Gasteiger partial charge in [-0.2, -0.15) is 0 Å². The van der Waals surface area contributed by atoms with Gasteiger partial charge in [-0.1, -0.05) is 19.4 Å². The van der Waals surface area contributed by atoms with E-state index in [1.54, 1.807) is 7.11 Å². The van der Waals surface area contributed by atoms with E-state index in [-0.39, 0.29) is 12.1 Å². The fraction of sp³-hybridized carbons (Fsp3) is 0.632. The quantitative estimate of drug-likeness (QED) is 0.844. The van der Waals surface area contributed by atoms with E-state index in [1.165, 1.54) is 11.1 Å². The van der Waals surface area contributed by atoms with Crippen LogP contribution in [0.15, 0.2) is 12.1 Å². The molecular formula is C19H31NO3. The van der Waals surface area contributed by atoms with Gasteiger partial charge in [-0.3, -0.25) is 0 Å². The molecule has 0 aromatic heterocycles. The van der Waals surface area contributed by atoms with E-state index < -0.39 is 5.60 Å². The summed E-state index contributed by atoms with van der Waals surface area (Å²) in [4.78, 5) is 11.9. The second-order valence-corrected chi connectivity index (χ2v) is 7.09. The van der Waals surface area contributed by atoms with Gasteiger partial charge in [0.05, 0.1) is 7.11 Å². The Labute approximate surface area is 140 Å². The van der Waals surface area contributed by atoms with Crippen LogP contribution < -0.4 is 10.1 Å². The molecule has 0 aliphatic heterocycles. The molecule has 0 spiro atoms. The van der Waals surface area contributed by atoms with Gasteiger partial charge in [0.25, 0.3) is 0 Å². The first-order valence-electron chi connectivity index (χ1n) is 8.32. The maximum absolute atomic E-state index is 11.9. The smallest absolute Gasteiger partial charge is 0.407 e. The van der Waals surface area contributed by atoms with Crippen molar-refractivity contribution in [2.24, 2.45) is 0 Å². The number of methoxy groups -OCH3 is 1. The first-order valence-corrected chi connectivity index (χ1v) is 8.32. The monoisotopic (exact) mass is 321 g/mol. The number of aryl methyl sites for hydroxylation is 2. The molecule has 0 bridgehead atoms. The van der Waals surface area contributed by atoms with Gasteiger partial charge in [-0.25, -0.2) is 4.79 Å². The van der Waals surface area contributed by atoms with Gasteiger partial charge in [0.2, 0.25) is 0 Å². The van der Waals surface area contributed by atoms with Crippen molar-refractivity contribution in [2.45, 2.75) is 72.4 Å². The van der Waals surface area contributed by atoms with Gasteiger partial charge in [0, 0.05) is 6.04 Å². The number of carbonyl (C=O) groups is 1. The molecule has 0 aliphatic rings. The van der Waals surface area contributed by atoms with Gasteiger partial charge in [-0.15, -0.1) is 0 Å². The van der Waals surface area contributed by atoms with Gasteiger partial charge in [0.1, 0.15) is 11.4 Å². The average molecular weight is 321 g/mol. The molecule has 0 saturated carbocycles. The minimum Gasteiger partial charge on any atom is -0.496 e. The van der Waals surface area contributed by atoms with Crippen LogP contribution in [0.3, 0.4) is 0 Å². The zero-order chi connectivity index (χ0) is 17.6. The summed E-state index contributed by atoms with van der Waals surface area (Å²) in [5, 5.41) is 2.88. The summed E-state index contributed by atoms with van der Waals surface area (Å²) in [6, 6.07) is 4.25. The van der Waals surface area contributed by atoms with Crippen molar-refractivity contribution in [3.8, 4) is 5.75 Å². The highest BCUT2D eigenvalue weighted by Crippen LogP contribution is 2.25. The molecule has 1 N–H and O–H groups in total. The Morgan fingerprint density at radius 3 is 2.43 bits per heavy atom. The maximum atomic E-state index is 11.9. The van der Waals surface area contributed by atoms with E-state index in [1.807, 2.05) is 27.7 Å². The van der Waals surface area contributed by atoms with Crippen LogP contribution in [0.5, 0.6) is 5.75 Å². The minimum atomic E-state index is -0.486. The fourth-order valence-electron chi connectivity index (χ4n) is 2.57. The van der Waals surface area contributed by atoms with Crippen molar-refractivity contribution in [3.05, 3.63) is 28.8 Å². The van der Waals surface area contributed by atoms with Crippen LogP contribution >= 0.6 is 0 Å². The number of alkyl carbamates (subject to hydrolysis) is 1. The Hall–Kier alpha value is -1.71. The van der Waals surface area contributed by atoms with Crippen LogP contribution in [0.2, 0.25) is 0 Å². The maximum Gasteiger partial charge on any atom is 0.407 e. The number of nitrogens with one attached hydrogen (secondary N) is 1. The summed E-state index contributed by atoms with van der Waals surface area (Å²) in [5.41, 5.74) is 3.21. The minimum absolute atomic E-state index is 0.0322. The molecule has 0 aliphatic carbocycles. The molecular weight excluding hydrogens is 290 g/mol. The summed E-state index contributed by atoms with van der Waals surface area (Å²) in [6.45, 7) is 11.8. The van der Waals surface area contributed by atoms with Crippen molar-refractivity contribution in [1.82, 2.24) is 5.32 Å². The zero-order valence-electron chi connectivity index (χ0n) is 15.6. The third-order valence-electron chi connectivity index (χ3n) is 3.55. The molecule has 0 fully saturated rings. The molecule has 4 heteroatoms. The Bertz CT molecular complexity index is 532. The zero-order valence-corrected chi connectivity index (χ0v) is 15.6. The molecule has 1 rings (SSSR count). The van der Waals surface area contributed by atoms with Crippen molar-refractivity contribution < 1.29 is 14.3 Å². The van der Waals surface area contributed by atoms with E-state index in [0.29, 0.717) is 6.42 Å². The molecule has 0 heterocycles. The predicted octanol–water partition coefficient (Wildman–Crippen LogP) is 4.41. The Balaban J connectivity index is 2.79. The summed E-state index contributed by atoms with van der Waals surface area (Å²) < 4.78 is 10.8. The van der Waals surface area contributed by atoms with Crippen molar-refractivity contribution in [3.63, 3.8) is 0 Å². The molecule has 0 radical (unpaired) electrons. The van der Waals surface area contributed by atoms with E-state index in [2.05, 4.69) is 31.3 Å². The van der Waals surface area contributed by atoms with Crippen LogP contribution in [0.4, 0.5) is 4.79 Å². The Morgan fingerprint density at radius 2 is 1.91 bits per heavy atom. The second kappa shape index (κ2) is 8.23. The molecule has 4 nitrogen and oxygen atoms in total. The molecule has 1 atom stereocenters. The third kappa shape index (κ3) is 6.51. The highest BCUT2D eigenvalue weighted by Gasteiger charge is 2.18. The van der Waals surface area contributed by atoms with E-state index >= 15 is 0 Å². The second-order valence-electron chi connectivity index (χ2n) is 7.09. The lowest BCUT2D eigenvalue weighted by molar-refractivity contribution is 0.0508. The van der Waals surface area contributed by atoms with Gasteiger partial charge >= 0.3 is 6.09 Å². The van der Waals surface area contributed by atoms with Crippen LogP contribution in [-0.4, -0.2) is 24.8 Å². The lowest BCUT2D eigenvalue weighted by atomic mass is 9.97. The number of ether oxygens (including phenoxy) is 2. The third-order valence-corrected chi connectivity index (χ3v) is 3.55. The lowest BCUT2D eigenvalue weighted by Gasteiger charge is -2.22. The molecule has 1 aromatic carbocycles. The van der Waals surface area contributed by atoms with Crippen LogP contribution in [0, 0.1) is 6.92 Å². The van der Waals surface area contributed by atoms with Crippen LogP contribution in [0.25, 0.3) is 0 Å². The normalized spacial score (nSPS) is 12.7. The molecule has 130 valence electrons. The Morgan fingerprint density at radius 1 is 1.26 bits per heavy atom. The highest BCUT2D eigenvalue weighted by molar-refractivity contribution is 5.68. The number of hydrogen-bond acceptors (Lipinski definition) is 3. The largest absolute Gasteiger partial charge is 0.496 e. The van der Waals surface area contributed by atoms with E-state index in [0.717, 1.165) is 24.2 Å². The molecule has 1 aromatic rings. The van der Waals surface area contributed by atoms with Crippen LogP contribution in [0.1, 0.15) is 57.7 Å². The predicted molar refractivity (Wildman–Crippen MR) is 94.3 cm³/mol. The molecule has 1 amide bonds. The van der Waals surface area contributed by atoms with E-state index in [4.69, 9.17) is 9.47 Å². The summed E-state index contributed by atoms with van der Waals surface area (Å²) in [6.07, 6.45) is 2.48. The number of amides is 1. The SMILES string of the molecule is CCCc1cc(OC)c(C[C@@H](C)NC(=O)OC(C)(C)C)cc1C. The van der Waals surface area contributed by atoms with Gasteiger partial charge < -0.3 is 14.8 Å². The number of hydrogen-bond donors (Lipinski definition) is 1. The first-order chi connectivity index (χ1) is 10.7. The van der Waals surface area contributed by atoms with E-state index in [9.17, 15) is 4.79 Å². The van der Waals surface area contributed by atoms with Crippen LogP contribution in [-0.2, 0) is 17.6 Å². The van der Waals surface area contributed by atoms with Crippen molar-refractivity contribution in [1.29, 1.82) is 0 Å². The number of rotatable bonds is 6. The first kappa shape index (κ1) is 19.3. The summed E-state index contributed by atoms with van der Waals surface area (Å²) >= 11 is 0.